The molecule has 1 atom stereocenters. The fourth-order valence-corrected chi connectivity index (χ4v) is 2.91. The Hall–Kier alpha value is -3.68. The van der Waals surface area contributed by atoms with E-state index in [4.69, 9.17) is 9.47 Å². The van der Waals surface area contributed by atoms with E-state index in [9.17, 15) is 19.2 Å². The molecule has 2 aromatic carbocycles. The average molecular weight is 410 g/mol. The topological polar surface area (TPSA) is 111 Å². The lowest BCUT2D eigenvalue weighted by Crippen LogP contribution is -2.31. The van der Waals surface area contributed by atoms with Crippen molar-refractivity contribution in [3.63, 3.8) is 0 Å². The third kappa shape index (κ3) is 5.44. The second-order valence-electron chi connectivity index (χ2n) is 6.91. The number of amides is 2. The summed E-state index contributed by atoms with van der Waals surface area (Å²) in [5, 5.41) is 5.39. The van der Waals surface area contributed by atoms with Crippen molar-refractivity contribution in [2.24, 2.45) is 0 Å². The number of Topliss-reactive ketones (excluding diaryl/α,β-unsaturated/α-hetero) is 1. The second kappa shape index (κ2) is 9.21. The molecule has 0 aliphatic carbocycles. The lowest BCUT2D eigenvalue weighted by atomic mass is 10.0. The monoisotopic (exact) mass is 410 g/mol. The lowest BCUT2D eigenvalue weighted by molar-refractivity contribution is -0.155. The van der Waals surface area contributed by atoms with Crippen LogP contribution in [0.3, 0.4) is 0 Å². The molecule has 0 fully saturated rings. The van der Waals surface area contributed by atoms with Crippen molar-refractivity contribution in [2.75, 3.05) is 17.2 Å². The van der Waals surface area contributed by atoms with Crippen LogP contribution in [0, 0.1) is 0 Å². The molecule has 30 heavy (non-hydrogen) atoms. The first-order chi connectivity index (χ1) is 14.3. The van der Waals surface area contributed by atoms with Crippen LogP contribution in [0.25, 0.3) is 0 Å². The molecule has 0 bridgehead atoms. The minimum absolute atomic E-state index is 0.0261. The van der Waals surface area contributed by atoms with Crippen LogP contribution < -0.4 is 15.4 Å². The molecule has 8 heteroatoms. The minimum atomic E-state index is -1.02. The SMILES string of the molecule is CC(=O)c1ccc(NC(=O)C(C)OC(=O)COc2ccc3c(c2)CCC(=O)N3)cc1. The van der Waals surface area contributed by atoms with Crippen molar-refractivity contribution in [2.45, 2.75) is 32.8 Å². The predicted molar refractivity (Wildman–Crippen MR) is 110 cm³/mol. The van der Waals surface area contributed by atoms with Gasteiger partial charge in [0.25, 0.3) is 5.91 Å². The smallest absolute Gasteiger partial charge is 0.344 e. The molecule has 1 heterocycles. The van der Waals surface area contributed by atoms with Gasteiger partial charge in [0.2, 0.25) is 5.91 Å². The Balaban J connectivity index is 1.47. The number of anilines is 2. The molecule has 2 aromatic rings. The van der Waals surface area contributed by atoms with Gasteiger partial charge in [0, 0.05) is 23.4 Å². The standard InChI is InChI=1S/C22H22N2O6/c1-13(25)15-3-6-17(7-4-15)23-22(28)14(2)30-21(27)12-29-18-8-9-19-16(11-18)5-10-20(26)24-19/h3-4,6-9,11,14H,5,10,12H2,1-2H3,(H,23,28)(H,24,26). The quantitative estimate of drug-likeness (QED) is 0.536. The van der Waals surface area contributed by atoms with E-state index in [0.717, 1.165) is 11.3 Å². The Kier molecular flexibility index (Phi) is 6.46. The highest BCUT2D eigenvalue weighted by Crippen LogP contribution is 2.26. The van der Waals surface area contributed by atoms with Gasteiger partial charge in [0.05, 0.1) is 0 Å². The molecule has 0 saturated carbocycles. The van der Waals surface area contributed by atoms with Crippen LogP contribution in [-0.4, -0.2) is 36.3 Å². The number of rotatable bonds is 7. The summed E-state index contributed by atoms with van der Waals surface area (Å²) in [5.74, 6) is -0.802. The van der Waals surface area contributed by atoms with Gasteiger partial charge >= 0.3 is 5.97 Å². The minimum Gasteiger partial charge on any atom is -0.482 e. The summed E-state index contributed by atoms with van der Waals surface area (Å²) >= 11 is 0. The van der Waals surface area contributed by atoms with Crippen molar-refractivity contribution in [3.8, 4) is 5.75 Å². The zero-order valence-corrected chi connectivity index (χ0v) is 16.7. The Morgan fingerprint density at radius 2 is 1.83 bits per heavy atom. The Morgan fingerprint density at radius 1 is 1.10 bits per heavy atom. The van der Waals surface area contributed by atoms with Crippen LogP contribution in [0.15, 0.2) is 42.5 Å². The molecule has 2 N–H and O–H groups in total. The Bertz CT molecular complexity index is 984. The molecule has 8 nitrogen and oxygen atoms in total. The van der Waals surface area contributed by atoms with Crippen LogP contribution >= 0.6 is 0 Å². The third-order valence-corrected chi connectivity index (χ3v) is 4.57. The summed E-state index contributed by atoms with van der Waals surface area (Å²) in [6, 6.07) is 11.6. The number of ketones is 1. The highest BCUT2D eigenvalue weighted by molar-refractivity contribution is 5.97. The summed E-state index contributed by atoms with van der Waals surface area (Å²) in [7, 11) is 0. The van der Waals surface area contributed by atoms with E-state index in [1.54, 1.807) is 42.5 Å². The zero-order chi connectivity index (χ0) is 21.7. The molecular weight excluding hydrogens is 388 g/mol. The molecule has 1 unspecified atom stereocenters. The Labute approximate surface area is 173 Å². The van der Waals surface area contributed by atoms with E-state index in [1.165, 1.54) is 13.8 Å². The Morgan fingerprint density at radius 3 is 2.53 bits per heavy atom. The lowest BCUT2D eigenvalue weighted by Gasteiger charge is -2.18. The first-order valence-corrected chi connectivity index (χ1v) is 9.49. The van der Waals surface area contributed by atoms with Crippen molar-refractivity contribution in [1.29, 1.82) is 0 Å². The number of hydrogen-bond donors (Lipinski definition) is 2. The summed E-state index contributed by atoms with van der Waals surface area (Å²) in [4.78, 5) is 46.9. The van der Waals surface area contributed by atoms with Gasteiger partial charge in [-0.3, -0.25) is 14.4 Å². The van der Waals surface area contributed by atoms with Crippen molar-refractivity contribution >= 4 is 34.9 Å². The fourth-order valence-electron chi connectivity index (χ4n) is 2.91. The highest BCUT2D eigenvalue weighted by atomic mass is 16.6. The van der Waals surface area contributed by atoms with Gasteiger partial charge in [-0.15, -0.1) is 0 Å². The maximum Gasteiger partial charge on any atom is 0.344 e. The average Bonchev–Trinajstić information content (AvgIpc) is 2.72. The van der Waals surface area contributed by atoms with Crippen molar-refractivity contribution < 1.29 is 28.7 Å². The second-order valence-corrected chi connectivity index (χ2v) is 6.91. The summed E-state index contributed by atoms with van der Waals surface area (Å²) < 4.78 is 10.6. The zero-order valence-electron chi connectivity index (χ0n) is 16.7. The van der Waals surface area contributed by atoms with E-state index in [0.29, 0.717) is 29.8 Å². The molecule has 0 saturated heterocycles. The van der Waals surface area contributed by atoms with Gasteiger partial charge in [0.15, 0.2) is 18.5 Å². The molecule has 3 rings (SSSR count). The number of esters is 1. The number of aryl methyl sites for hydroxylation is 1. The maximum atomic E-state index is 12.2. The van der Waals surface area contributed by atoms with Gasteiger partial charge in [-0.2, -0.15) is 0 Å². The number of hydrogen-bond acceptors (Lipinski definition) is 6. The van der Waals surface area contributed by atoms with Gasteiger partial charge < -0.3 is 20.1 Å². The molecule has 0 radical (unpaired) electrons. The largest absolute Gasteiger partial charge is 0.482 e. The van der Waals surface area contributed by atoms with Crippen LogP contribution in [0.5, 0.6) is 5.75 Å². The van der Waals surface area contributed by atoms with Crippen molar-refractivity contribution in [3.05, 3.63) is 53.6 Å². The van der Waals surface area contributed by atoms with Crippen LogP contribution in [-0.2, 0) is 25.5 Å². The molecule has 2 amide bonds. The number of carbonyl (C=O) groups excluding carboxylic acids is 4. The summed E-state index contributed by atoms with van der Waals surface area (Å²) in [6.07, 6.45) is -0.0111. The van der Waals surface area contributed by atoms with Gasteiger partial charge in [-0.25, -0.2) is 4.79 Å². The first-order valence-electron chi connectivity index (χ1n) is 9.49. The predicted octanol–water partition coefficient (Wildman–Crippen LogP) is 2.72. The van der Waals surface area contributed by atoms with E-state index < -0.39 is 18.0 Å². The molecule has 0 aromatic heterocycles. The number of ether oxygens (including phenoxy) is 2. The molecule has 1 aliphatic rings. The number of carbonyl (C=O) groups is 4. The first kappa shape index (κ1) is 21.0. The van der Waals surface area contributed by atoms with Crippen molar-refractivity contribution in [1.82, 2.24) is 0 Å². The fraction of sp³-hybridized carbons (Fsp3) is 0.273. The molecule has 1 aliphatic heterocycles. The normalized spacial score (nSPS) is 13.5. The van der Waals surface area contributed by atoms with E-state index >= 15 is 0 Å². The number of benzene rings is 2. The van der Waals surface area contributed by atoms with E-state index in [-0.39, 0.29) is 18.3 Å². The maximum absolute atomic E-state index is 12.2. The van der Waals surface area contributed by atoms with E-state index in [2.05, 4.69) is 10.6 Å². The molecular formula is C22H22N2O6. The highest BCUT2D eigenvalue weighted by Gasteiger charge is 2.19. The molecule has 0 spiro atoms. The van der Waals surface area contributed by atoms with E-state index in [1.807, 2.05) is 0 Å². The van der Waals surface area contributed by atoms with Crippen LogP contribution in [0.2, 0.25) is 0 Å². The number of fused-ring (bicyclic) bond motifs is 1. The van der Waals surface area contributed by atoms with Crippen LogP contribution in [0.4, 0.5) is 11.4 Å². The van der Waals surface area contributed by atoms with Gasteiger partial charge in [0.1, 0.15) is 5.75 Å². The summed E-state index contributed by atoms with van der Waals surface area (Å²) in [6.45, 7) is 2.56. The molecule has 156 valence electrons. The third-order valence-electron chi connectivity index (χ3n) is 4.57. The van der Waals surface area contributed by atoms with Gasteiger partial charge in [-0.1, -0.05) is 0 Å². The summed E-state index contributed by atoms with van der Waals surface area (Å²) in [5.41, 5.74) is 2.70. The van der Waals surface area contributed by atoms with Crippen LogP contribution in [0.1, 0.15) is 36.2 Å². The van der Waals surface area contributed by atoms with Gasteiger partial charge in [-0.05, 0) is 68.3 Å². The number of nitrogens with one attached hydrogen (secondary N) is 2.